The highest BCUT2D eigenvalue weighted by Gasteiger charge is 2.18. The van der Waals surface area contributed by atoms with Crippen molar-refractivity contribution in [2.24, 2.45) is 0 Å². The number of amides is 1. The lowest BCUT2D eigenvalue weighted by Crippen LogP contribution is -2.31. The van der Waals surface area contributed by atoms with E-state index in [9.17, 15) is 9.59 Å². The van der Waals surface area contributed by atoms with Crippen molar-refractivity contribution in [2.45, 2.75) is 18.9 Å². The number of hydrogen-bond acceptors (Lipinski definition) is 4. The van der Waals surface area contributed by atoms with Gasteiger partial charge < -0.3 is 15.2 Å². The quantitative estimate of drug-likeness (QED) is 0.851. The average Bonchev–Trinajstić information content (AvgIpc) is 2.96. The van der Waals surface area contributed by atoms with Crippen molar-refractivity contribution in [2.75, 3.05) is 13.2 Å². The molecule has 1 fully saturated rings. The molecule has 0 unspecified atom stereocenters. The van der Waals surface area contributed by atoms with Gasteiger partial charge in [0.15, 0.2) is 0 Å². The van der Waals surface area contributed by atoms with Crippen molar-refractivity contribution in [1.82, 2.24) is 5.32 Å². The zero-order valence-corrected chi connectivity index (χ0v) is 9.96. The monoisotopic (exact) mass is 255 g/mol. The lowest BCUT2D eigenvalue weighted by Gasteiger charge is -2.09. The first kappa shape index (κ1) is 12.1. The second-order valence-corrected chi connectivity index (χ2v) is 4.90. The van der Waals surface area contributed by atoms with Gasteiger partial charge in [-0.3, -0.25) is 4.79 Å². The molecule has 92 valence electrons. The summed E-state index contributed by atoms with van der Waals surface area (Å²) in [5.41, 5.74) is 0. The molecule has 0 saturated carbocycles. The number of rotatable bonds is 4. The van der Waals surface area contributed by atoms with Gasteiger partial charge >= 0.3 is 5.97 Å². The SMILES string of the molecule is O=C(O)c1ccc(C(=O)NC[C@@H]2CCCO2)s1. The molecule has 1 aliphatic rings. The molecule has 0 aromatic carbocycles. The van der Waals surface area contributed by atoms with Crippen molar-refractivity contribution < 1.29 is 19.4 Å². The number of carbonyl (C=O) groups excluding carboxylic acids is 1. The van der Waals surface area contributed by atoms with E-state index in [4.69, 9.17) is 9.84 Å². The molecule has 2 heterocycles. The molecule has 1 saturated heterocycles. The molecule has 1 aromatic heterocycles. The molecule has 1 atom stereocenters. The molecule has 0 bridgehead atoms. The van der Waals surface area contributed by atoms with Gasteiger partial charge in [-0.05, 0) is 25.0 Å². The minimum Gasteiger partial charge on any atom is -0.477 e. The second-order valence-electron chi connectivity index (χ2n) is 3.81. The molecular formula is C11H13NO4S. The van der Waals surface area contributed by atoms with Gasteiger partial charge in [0.25, 0.3) is 5.91 Å². The average molecular weight is 255 g/mol. The Kier molecular flexibility index (Phi) is 3.75. The third kappa shape index (κ3) is 3.04. The number of ether oxygens (including phenoxy) is 1. The Bertz CT molecular complexity index is 423. The van der Waals surface area contributed by atoms with E-state index in [1.807, 2.05) is 0 Å². The molecule has 0 aliphatic carbocycles. The highest BCUT2D eigenvalue weighted by molar-refractivity contribution is 7.15. The van der Waals surface area contributed by atoms with Crippen LogP contribution in [0.3, 0.4) is 0 Å². The number of thiophene rings is 1. The molecule has 2 rings (SSSR count). The fourth-order valence-corrected chi connectivity index (χ4v) is 2.44. The maximum atomic E-state index is 11.7. The fourth-order valence-electron chi connectivity index (χ4n) is 1.67. The van der Waals surface area contributed by atoms with Crippen LogP contribution < -0.4 is 5.32 Å². The summed E-state index contributed by atoms with van der Waals surface area (Å²) in [7, 11) is 0. The first-order valence-electron chi connectivity index (χ1n) is 5.40. The van der Waals surface area contributed by atoms with Gasteiger partial charge in [0.1, 0.15) is 4.88 Å². The Morgan fingerprint density at radius 3 is 2.82 bits per heavy atom. The van der Waals surface area contributed by atoms with Gasteiger partial charge in [-0.1, -0.05) is 0 Å². The van der Waals surface area contributed by atoms with Gasteiger partial charge in [-0.15, -0.1) is 11.3 Å². The molecule has 0 spiro atoms. The molecule has 1 aromatic rings. The Balaban J connectivity index is 1.87. The molecule has 6 heteroatoms. The summed E-state index contributed by atoms with van der Waals surface area (Å²) in [5, 5.41) is 11.5. The molecule has 2 N–H and O–H groups in total. The summed E-state index contributed by atoms with van der Waals surface area (Å²) in [6.45, 7) is 1.24. The highest BCUT2D eigenvalue weighted by atomic mass is 32.1. The van der Waals surface area contributed by atoms with Crippen LogP contribution in [0.25, 0.3) is 0 Å². The third-order valence-electron chi connectivity index (χ3n) is 2.55. The van der Waals surface area contributed by atoms with Crippen LogP contribution in [0.2, 0.25) is 0 Å². The van der Waals surface area contributed by atoms with E-state index in [-0.39, 0.29) is 16.9 Å². The van der Waals surface area contributed by atoms with Crippen LogP contribution in [0, 0.1) is 0 Å². The van der Waals surface area contributed by atoms with Gasteiger partial charge in [-0.2, -0.15) is 0 Å². The lowest BCUT2D eigenvalue weighted by molar-refractivity contribution is 0.0702. The minimum atomic E-state index is -1.01. The molecule has 1 amide bonds. The van der Waals surface area contributed by atoms with Gasteiger partial charge in [0.05, 0.1) is 11.0 Å². The van der Waals surface area contributed by atoms with Crippen molar-refractivity contribution in [3.05, 3.63) is 21.9 Å². The largest absolute Gasteiger partial charge is 0.477 e. The summed E-state index contributed by atoms with van der Waals surface area (Å²) in [6.07, 6.45) is 2.09. The Morgan fingerprint density at radius 2 is 2.24 bits per heavy atom. The van der Waals surface area contributed by atoms with Crippen LogP contribution in [0.15, 0.2) is 12.1 Å². The first-order valence-corrected chi connectivity index (χ1v) is 6.21. The van der Waals surface area contributed by atoms with E-state index in [1.54, 1.807) is 0 Å². The number of carboxylic acid groups (broad SMARTS) is 1. The normalized spacial score (nSPS) is 19.2. The summed E-state index contributed by atoms with van der Waals surface area (Å²) in [4.78, 5) is 22.9. The Morgan fingerprint density at radius 1 is 1.47 bits per heavy atom. The molecule has 1 aliphatic heterocycles. The minimum absolute atomic E-state index is 0.0952. The molecular weight excluding hydrogens is 242 g/mol. The summed E-state index contributed by atoms with van der Waals surface area (Å²) < 4.78 is 5.38. The van der Waals surface area contributed by atoms with E-state index in [2.05, 4.69) is 5.32 Å². The first-order chi connectivity index (χ1) is 8.16. The van der Waals surface area contributed by atoms with Crippen molar-refractivity contribution in [3.8, 4) is 0 Å². The zero-order chi connectivity index (χ0) is 12.3. The number of carbonyl (C=O) groups is 2. The number of carboxylic acids is 1. The van der Waals surface area contributed by atoms with E-state index < -0.39 is 5.97 Å². The number of aromatic carboxylic acids is 1. The van der Waals surface area contributed by atoms with Crippen molar-refractivity contribution in [1.29, 1.82) is 0 Å². The summed E-state index contributed by atoms with van der Waals surface area (Å²) in [6, 6.07) is 2.97. The summed E-state index contributed by atoms with van der Waals surface area (Å²) >= 11 is 0.979. The smallest absolute Gasteiger partial charge is 0.345 e. The van der Waals surface area contributed by atoms with Crippen molar-refractivity contribution in [3.63, 3.8) is 0 Å². The Labute approximate surface area is 102 Å². The predicted molar refractivity (Wildman–Crippen MR) is 62.6 cm³/mol. The van der Waals surface area contributed by atoms with Crippen LogP contribution >= 0.6 is 11.3 Å². The van der Waals surface area contributed by atoms with E-state index in [1.165, 1.54) is 12.1 Å². The number of hydrogen-bond donors (Lipinski definition) is 2. The van der Waals surface area contributed by atoms with Gasteiger partial charge in [0.2, 0.25) is 0 Å². The van der Waals surface area contributed by atoms with Crippen molar-refractivity contribution >= 4 is 23.2 Å². The maximum Gasteiger partial charge on any atom is 0.345 e. The predicted octanol–water partition coefficient (Wildman–Crippen LogP) is 1.36. The Hall–Kier alpha value is -1.40. The standard InChI is InChI=1S/C11H13NO4S/c13-10(12-6-7-2-1-5-16-7)8-3-4-9(17-8)11(14)15/h3-4,7H,1-2,5-6H2,(H,12,13)(H,14,15)/t7-/m0/s1. The maximum absolute atomic E-state index is 11.7. The zero-order valence-electron chi connectivity index (χ0n) is 9.14. The van der Waals surface area contributed by atoms with Crippen LogP contribution in [0.4, 0.5) is 0 Å². The summed E-state index contributed by atoms with van der Waals surface area (Å²) in [5.74, 6) is -1.24. The molecule has 0 radical (unpaired) electrons. The molecule has 5 nitrogen and oxygen atoms in total. The van der Waals surface area contributed by atoms with Crippen LogP contribution in [0.1, 0.15) is 32.2 Å². The van der Waals surface area contributed by atoms with Gasteiger partial charge in [0, 0.05) is 13.2 Å². The second kappa shape index (κ2) is 5.29. The third-order valence-corrected chi connectivity index (χ3v) is 3.63. The number of nitrogens with one attached hydrogen (secondary N) is 1. The van der Waals surface area contributed by atoms with E-state index >= 15 is 0 Å². The van der Waals surface area contributed by atoms with E-state index in [0.717, 1.165) is 30.8 Å². The van der Waals surface area contributed by atoms with Crippen LogP contribution in [0.5, 0.6) is 0 Å². The fraction of sp³-hybridized carbons (Fsp3) is 0.455. The van der Waals surface area contributed by atoms with Crippen LogP contribution in [-0.2, 0) is 4.74 Å². The van der Waals surface area contributed by atoms with Crippen LogP contribution in [-0.4, -0.2) is 36.2 Å². The van der Waals surface area contributed by atoms with E-state index in [0.29, 0.717) is 11.4 Å². The molecule has 17 heavy (non-hydrogen) atoms. The highest BCUT2D eigenvalue weighted by Crippen LogP contribution is 2.16. The lowest BCUT2D eigenvalue weighted by atomic mass is 10.2. The topological polar surface area (TPSA) is 75.6 Å². The van der Waals surface area contributed by atoms with Gasteiger partial charge in [-0.25, -0.2) is 4.79 Å².